The van der Waals surface area contributed by atoms with Crippen LogP contribution in [0.3, 0.4) is 0 Å². The molecule has 5 nitrogen and oxygen atoms in total. The summed E-state index contributed by atoms with van der Waals surface area (Å²) >= 11 is 1.46. The number of pyridine rings is 1. The van der Waals surface area contributed by atoms with Gasteiger partial charge < -0.3 is 14.8 Å². The SMILES string of the molecule is Cc1cc2cc3c(cc2nc1SCC(=O)NCCc1ccccc1)OCCO3. The first kappa shape index (κ1) is 18.6. The van der Waals surface area contributed by atoms with Gasteiger partial charge in [0.1, 0.15) is 18.2 Å². The summed E-state index contributed by atoms with van der Waals surface area (Å²) in [5.74, 6) is 1.85. The number of fused-ring (bicyclic) bond motifs is 2. The summed E-state index contributed by atoms with van der Waals surface area (Å²) in [4.78, 5) is 16.9. The van der Waals surface area contributed by atoms with Crippen LogP contribution in [0.2, 0.25) is 0 Å². The third-order valence-corrected chi connectivity index (χ3v) is 5.63. The minimum absolute atomic E-state index is 0.0180. The number of carbonyl (C=O) groups is 1. The lowest BCUT2D eigenvalue weighted by atomic mass is 10.1. The molecule has 0 spiro atoms. The van der Waals surface area contributed by atoms with Crippen molar-refractivity contribution in [3.05, 3.63) is 59.7 Å². The molecule has 0 saturated carbocycles. The van der Waals surface area contributed by atoms with E-state index in [0.717, 1.165) is 39.4 Å². The molecule has 0 unspecified atom stereocenters. The predicted octanol–water partition coefficient (Wildman–Crippen LogP) is 3.77. The highest BCUT2D eigenvalue weighted by Crippen LogP contribution is 2.35. The highest BCUT2D eigenvalue weighted by atomic mass is 32.2. The molecule has 1 aliphatic rings. The summed E-state index contributed by atoms with van der Waals surface area (Å²) in [6, 6.07) is 16.1. The summed E-state index contributed by atoms with van der Waals surface area (Å²) in [5.41, 5.74) is 3.12. The zero-order valence-electron chi connectivity index (χ0n) is 15.7. The summed E-state index contributed by atoms with van der Waals surface area (Å²) in [6.07, 6.45) is 0.831. The summed E-state index contributed by atoms with van der Waals surface area (Å²) < 4.78 is 11.3. The molecule has 0 radical (unpaired) electrons. The molecule has 0 fully saturated rings. The van der Waals surface area contributed by atoms with Crippen LogP contribution < -0.4 is 14.8 Å². The van der Waals surface area contributed by atoms with Crippen LogP contribution in [0.15, 0.2) is 53.6 Å². The van der Waals surface area contributed by atoms with Gasteiger partial charge in [0.05, 0.1) is 11.3 Å². The van der Waals surface area contributed by atoms with Gasteiger partial charge >= 0.3 is 0 Å². The number of hydrogen-bond acceptors (Lipinski definition) is 5. The smallest absolute Gasteiger partial charge is 0.230 e. The number of rotatable bonds is 6. The molecular weight excluding hydrogens is 372 g/mol. The van der Waals surface area contributed by atoms with Gasteiger partial charge in [0.15, 0.2) is 11.5 Å². The van der Waals surface area contributed by atoms with Gasteiger partial charge in [0, 0.05) is 18.0 Å². The second-order valence-electron chi connectivity index (χ2n) is 6.67. The van der Waals surface area contributed by atoms with E-state index in [1.807, 2.05) is 37.3 Å². The molecule has 1 aliphatic heterocycles. The van der Waals surface area contributed by atoms with Crippen molar-refractivity contribution in [1.82, 2.24) is 10.3 Å². The Hall–Kier alpha value is -2.73. The van der Waals surface area contributed by atoms with Crippen LogP contribution in [0.5, 0.6) is 11.5 Å². The first-order valence-corrected chi connectivity index (χ1v) is 10.3. The molecule has 1 aromatic heterocycles. The molecule has 2 heterocycles. The second-order valence-corrected chi connectivity index (χ2v) is 7.64. The average Bonchev–Trinajstić information content (AvgIpc) is 2.71. The molecule has 0 saturated heterocycles. The first-order valence-electron chi connectivity index (χ1n) is 9.33. The Kier molecular flexibility index (Phi) is 5.67. The molecule has 28 heavy (non-hydrogen) atoms. The van der Waals surface area contributed by atoms with Crippen LogP contribution in [0, 0.1) is 6.92 Å². The van der Waals surface area contributed by atoms with Gasteiger partial charge in [-0.05, 0) is 36.6 Å². The van der Waals surface area contributed by atoms with E-state index in [9.17, 15) is 4.79 Å². The van der Waals surface area contributed by atoms with E-state index >= 15 is 0 Å². The minimum atomic E-state index is 0.0180. The molecule has 0 bridgehead atoms. The molecule has 2 aromatic carbocycles. The number of benzene rings is 2. The van der Waals surface area contributed by atoms with Crippen molar-refractivity contribution in [2.24, 2.45) is 0 Å². The number of aromatic nitrogens is 1. The largest absolute Gasteiger partial charge is 0.486 e. The molecule has 1 amide bonds. The normalized spacial score (nSPS) is 12.8. The first-order chi connectivity index (χ1) is 13.7. The van der Waals surface area contributed by atoms with Crippen molar-refractivity contribution >= 4 is 28.6 Å². The fourth-order valence-electron chi connectivity index (χ4n) is 3.12. The Morgan fingerprint density at radius 2 is 1.86 bits per heavy atom. The third-order valence-electron chi connectivity index (χ3n) is 4.54. The Labute approximate surface area is 168 Å². The van der Waals surface area contributed by atoms with Crippen LogP contribution in [0.1, 0.15) is 11.1 Å². The number of nitrogens with one attached hydrogen (secondary N) is 1. The molecule has 0 aliphatic carbocycles. The van der Waals surface area contributed by atoms with E-state index in [1.54, 1.807) is 0 Å². The van der Waals surface area contributed by atoms with Crippen molar-refractivity contribution in [3.8, 4) is 11.5 Å². The Bertz CT molecular complexity index is 992. The van der Waals surface area contributed by atoms with E-state index < -0.39 is 0 Å². The fourth-order valence-corrected chi connectivity index (χ4v) is 3.94. The second kappa shape index (κ2) is 8.52. The van der Waals surface area contributed by atoms with Crippen molar-refractivity contribution in [2.45, 2.75) is 18.4 Å². The number of hydrogen-bond donors (Lipinski definition) is 1. The Morgan fingerprint density at radius 3 is 2.64 bits per heavy atom. The average molecular weight is 394 g/mol. The predicted molar refractivity (Wildman–Crippen MR) is 111 cm³/mol. The van der Waals surface area contributed by atoms with E-state index in [1.165, 1.54) is 17.3 Å². The molecule has 3 aromatic rings. The number of thioether (sulfide) groups is 1. The van der Waals surface area contributed by atoms with Gasteiger partial charge in [0.25, 0.3) is 0 Å². The van der Waals surface area contributed by atoms with Gasteiger partial charge in [-0.3, -0.25) is 4.79 Å². The summed E-state index contributed by atoms with van der Waals surface area (Å²) in [5, 5.41) is 4.85. The lowest BCUT2D eigenvalue weighted by Crippen LogP contribution is -2.27. The standard InChI is InChI=1S/C22H22N2O3S/c1-15-11-17-12-19-20(27-10-9-26-19)13-18(17)24-22(15)28-14-21(25)23-8-7-16-5-3-2-4-6-16/h2-6,11-13H,7-10,14H2,1H3,(H,23,25). The number of ether oxygens (including phenoxy) is 2. The van der Waals surface area contributed by atoms with Gasteiger partial charge in [-0.15, -0.1) is 0 Å². The highest BCUT2D eigenvalue weighted by molar-refractivity contribution is 7.99. The van der Waals surface area contributed by atoms with E-state index in [-0.39, 0.29) is 5.91 Å². The van der Waals surface area contributed by atoms with E-state index in [2.05, 4.69) is 23.5 Å². The maximum Gasteiger partial charge on any atom is 0.230 e. The lowest BCUT2D eigenvalue weighted by molar-refractivity contribution is -0.118. The molecule has 0 atom stereocenters. The van der Waals surface area contributed by atoms with E-state index in [0.29, 0.717) is 25.5 Å². The van der Waals surface area contributed by atoms with E-state index in [4.69, 9.17) is 14.5 Å². The van der Waals surface area contributed by atoms with Gasteiger partial charge in [-0.1, -0.05) is 42.1 Å². The van der Waals surface area contributed by atoms with Crippen molar-refractivity contribution < 1.29 is 14.3 Å². The zero-order valence-corrected chi connectivity index (χ0v) is 16.6. The number of carbonyl (C=O) groups excluding carboxylic acids is 1. The van der Waals surface area contributed by atoms with Gasteiger partial charge in [-0.25, -0.2) is 4.98 Å². The van der Waals surface area contributed by atoms with Crippen molar-refractivity contribution in [2.75, 3.05) is 25.5 Å². The molecule has 144 valence electrons. The fraction of sp³-hybridized carbons (Fsp3) is 0.273. The Morgan fingerprint density at radius 1 is 1.11 bits per heavy atom. The number of amides is 1. The number of aryl methyl sites for hydroxylation is 1. The lowest BCUT2D eigenvalue weighted by Gasteiger charge is -2.19. The number of nitrogens with zero attached hydrogens (tertiary/aromatic N) is 1. The van der Waals surface area contributed by atoms with Crippen LogP contribution in [-0.4, -0.2) is 36.4 Å². The molecule has 1 N–H and O–H groups in total. The van der Waals surface area contributed by atoms with Gasteiger partial charge in [0.2, 0.25) is 5.91 Å². The van der Waals surface area contributed by atoms with Crippen LogP contribution in [0.4, 0.5) is 0 Å². The molecule has 4 rings (SSSR count). The quantitative estimate of drug-likeness (QED) is 0.645. The molecule has 6 heteroatoms. The van der Waals surface area contributed by atoms with Crippen LogP contribution >= 0.6 is 11.8 Å². The summed E-state index contributed by atoms with van der Waals surface area (Å²) in [6.45, 7) is 3.77. The molecular formula is C22H22N2O3S. The van der Waals surface area contributed by atoms with Crippen LogP contribution in [0.25, 0.3) is 10.9 Å². The summed E-state index contributed by atoms with van der Waals surface area (Å²) in [7, 11) is 0. The van der Waals surface area contributed by atoms with Crippen molar-refractivity contribution in [3.63, 3.8) is 0 Å². The van der Waals surface area contributed by atoms with Crippen LogP contribution in [-0.2, 0) is 11.2 Å². The monoisotopic (exact) mass is 394 g/mol. The topological polar surface area (TPSA) is 60.5 Å². The Balaban J connectivity index is 1.37. The minimum Gasteiger partial charge on any atom is -0.486 e. The highest BCUT2D eigenvalue weighted by Gasteiger charge is 2.15. The zero-order chi connectivity index (χ0) is 19.3. The maximum absolute atomic E-state index is 12.2. The van der Waals surface area contributed by atoms with Crippen molar-refractivity contribution in [1.29, 1.82) is 0 Å². The maximum atomic E-state index is 12.2. The van der Waals surface area contributed by atoms with Gasteiger partial charge in [-0.2, -0.15) is 0 Å². The third kappa shape index (κ3) is 4.39.